The van der Waals surface area contributed by atoms with Crippen molar-refractivity contribution in [2.45, 2.75) is 40.3 Å². The molecule has 10 heteroatoms. The SMILES string of the molecule is CC(C)CN(CC(C)C)c1ccc(-c2ccccc2-c2nnn[nH]2)cc1NC(=O)Cc1ccc(C(F)(F)F)cc1. The molecule has 0 atom stereocenters. The molecule has 3 aromatic carbocycles. The van der Waals surface area contributed by atoms with Gasteiger partial charge in [0.15, 0.2) is 5.82 Å². The third-order valence-electron chi connectivity index (χ3n) is 6.27. The molecule has 0 saturated heterocycles. The average molecular weight is 551 g/mol. The summed E-state index contributed by atoms with van der Waals surface area (Å²) in [7, 11) is 0. The number of tetrazole rings is 1. The third kappa shape index (κ3) is 7.25. The molecule has 4 aromatic rings. The van der Waals surface area contributed by atoms with Crippen molar-refractivity contribution in [3.8, 4) is 22.5 Å². The smallest absolute Gasteiger partial charge is 0.369 e. The van der Waals surface area contributed by atoms with E-state index in [-0.39, 0.29) is 12.3 Å². The van der Waals surface area contributed by atoms with Gasteiger partial charge in [-0.15, -0.1) is 5.10 Å². The van der Waals surface area contributed by atoms with Gasteiger partial charge in [-0.1, -0.05) is 70.2 Å². The molecule has 1 heterocycles. The summed E-state index contributed by atoms with van der Waals surface area (Å²) in [5.74, 6) is 0.969. The quantitative estimate of drug-likeness (QED) is 0.225. The maximum atomic E-state index is 13.2. The molecule has 0 radical (unpaired) electrons. The molecule has 40 heavy (non-hydrogen) atoms. The second-order valence-electron chi connectivity index (χ2n) is 10.6. The molecule has 1 aromatic heterocycles. The van der Waals surface area contributed by atoms with Crippen molar-refractivity contribution in [3.63, 3.8) is 0 Å². The zero-order valence-electron chi connectivity index (χ0n) is 23.0. The van der Waals surface area contributed by atoms with Crippen LogP contribution in [-0.2, 0) is 17.4 Å². The van der Waals surface area contributed by atoms with Gasteiger partial charge in [-0.05, 0) is 63.2 Å². The summed E-state index contributed by atoms with van der Waals surface area (Å²) in [5, 5.41) is 17.3. The van der Waals surface area contributed by atoms with Gasteiger partial charge < -0.3 is 10.2 Å². The van der Waals surface area contributed by atoms with Gasteiger partial charge in [0.05, 0.1) is 23.4 Å². The molecule has 0 spiro atoms. The van der Waals surface area contributed by atoms with Gasteiger partial charge in [-0.3, -0.25) is 4.79 Å². The standard InChI is InChI=1S/C30H33F3N6O/c1-19(2)17-39(18-20(3)4)27-14-11-22(24-7-5-6-8-25(24)29-35-37-38-36-29)16-26(27)34-28(40)15-21-9-12-23(13-10-21)30(31,32)33/h5-14,16,19-20H,15,17-18H2,1-4H3,(H,34,40)(H,35,36,37,38). The number of aromatic nitrogens is 4. The molecular formula is C30H33F3N6O. The van der Waals surface area contributed by atoms with Gasteiger partial charge >= 0.3 is 6.18 Å². The number of carbonyl (C=O) groups excluding carboxylic acids is 1. The number of benzene rings is 3. The van der Waals surface area contributed by atoms with Crippen molar-refractivity contribution >= 4 is 17.3 Å². The van der Waals surface area contributed by atoms with Crippen LogP contribution in [0.25, 0.3) is 22.5 Å². The number of H-pyrrole nitrogens is 1. The van der Waals surface area contributed by atoms with Crippen LogP contribution in [0.3, 0.4) is 0 Å². The minimum atomic E-state index is -4.43. The van der Waals surface area contributed by atoms with Gasteiger partial charge in [0, 0.05) is 18.7 Å². The Morgan fingerprint density at radius 2 is 1.57 bits per heavy atom. The number of alkyl halides is 3. The van der Waals surface area contributed by atoms with Crippen LogP contribution in [0, 0.1) is 11.8 Å². The molecule has 210 valence electrons. The Morgan fingerprint density at radius 3 is 2.15 bits per heavy atom. The minimum absolute atomic E-state index is 0.0590. The molecule has 0 fully saturated rings. The Labute approximate surface area is 231 Å². The van der Waals surface area contributed by atoms with E-state index < -0.39 is 11.7 Å². The number of carbonyl (C=O) groups is 1. The second-order valence-corrected chi connectivity index (χ2v) is 10.6. The highest BCUT2D eigenvalue weighted by Gasteiger charge is 2.30. The molecule has 0 aliphatic carbocycles. The number of hydrogen-bond acceptors (Lipinski definition) is 5. The van der Waals surface area contributed by atoms with Crippen LogP contribution in [0.5, 0.6) is 0 Å². The second kappa shape index (κ2) is 12.3. The summed E-state index contributed by atoms with van der Waals surface area (Å²) in [6.45, 7) is 10.2. The molecule has 7 nitrogen and oxygen atoms in total. The maximum Gasteiger partial charge on any atom is 0.416 e. The van der Waals surface area contributed by atoms with Crippen molar-refractivity contribution < 1.29 is 18.0 Å². The lowest BCUT2D eigenvalue weighted by Crippen LogP contribution is -2.32. The van der Waals surface area contributed by atoms with Crippen LogP contribution in [0.15, 0.2) is 66.7 Å². The van der Waals surface area contributed by atoms with E-state index in [1.807, 2.05) is 42.5 Å². The number of aromatic amines is 1. The van der Waals surface area contributed by atoms with Crippen LogP contribution < -0.4 is 10.2 Å². The van der Waals surface area contributed by atoms with Crippen molar-refractivity contribution in [2.75, 3.05) is 23.3 Å². The molecule has 0 unspecified atom stereocenters. The minimum Gasteiger partial charge on any atom is -0.369 e. The van der Waals surface area contributed by atoms with E-state index in [4.69, 9.17) is 0 Å². The normalized spacial score (nSPS) is 11.7. The first kappa shape index (κ1) is 28.8. The first-order valence-electron chi connectivity index (χ1n) is 13.2. The number of rotatable bonds is 10. The Kier molecular flexibility index (Phi) is 8.86. The largest absolute Gasteiger partial charge is 0.416 e. The number of amides is 1. The highest BCUT2D eigenvalue weighted by Crippen LogP contribution is 2.36. The number of hydrogen-bond donors (Lipinski definition) is 2. The molecule has 0 saturated carbocycles. The van der Waals surface area contributed by atoms with E-state index in [1.54, 1.807) is 0 Å². The van der Waals surface area contributed by atoms with E-state index in [1.165, 1.54) is 12.1 Å². The summed E-state index contributed by atoms with van der Waals surface area (Å²) < 4.78 is 38.9. The predicted octanol–water partition coefficient (Wildman–Crippen LogP) is 6.85. The lowest BCUT2D eigenvalue weighted by molar-refractivity contribution is -0.137. The maximum absolute atomic E-state index is 13.2. The van der Waals surface area contributed by atoms with Gasteiger partial charge in [-0.2, -0.15) is 13.2 Å². The zero-order valence-corrected chi connectivity index (χ0v) is 23.0. The summed E-state index contributed by atoms with van der Waals surface area (Å²) in [5.41, 5.74) is 3.80. The van der Waals surface area contributed by atoms with Crippen molar-refractivity contribution in [3.05, 3.63) is 77.9 Å². The Morgan fingerprint density at radius 1 is 0.925 bits per heavy atom. The van der Waals surface area contributed by atoms with E-state index in [2.05, 4.69) is 58.5 Å². The van der Waals surface area contributed by atoms with Crippen molar-refractivity contribution in [1.82, 2.24) is 20.6 Å². The molecule has 0 aliphatic heterocycles. The van der Waals surface area contributed by atoms with Crippen LogP contribution in [0.4, 0.5) is 24.5 Å². The predicted molar refractivity (Wildman–Crippen MR) is 151 cm³/mol. The van der Waals surface area contributed by atoms with Crippen LogP contribution in [0.2, 0.25) is 0 Å². The number of halogens is 3. The van der Waals surface area contributed by atoms with Crippen LogP contribution >= 0.6 is 0 Å². The molecule has 0 bridgehead atoms. The van der Waals surface area contributed by atoms with Crippen LogP contribution in [0.1, 0.15) is 38.8 Å². The number of anilines is 2. The number of nitrogens with zero attached hydrogens (tertiary/aromatic N) is 4. The highest BCUT2D eigenvalue weighted by atomic mass is 19.4. The Balaban J connectivity index is 1.70. The molecule has 0 aliphatic rings. The third-order valence-corrected chi connectivity index (χ3v) is 6.27. The van der Waals surface area contributed by atoms with Crippen molar-refractivity contribution in [1.29, 1.82) is 0 Å². The van der Waals surface area contributed by atoms with Gasteiger partial charge in [0.1, 0.15) is 0 Å². The average Bonchev–Trinajstić information content (AvgIpc) is 3.42. The van der Waals surface area contributed by atoms with Gasteiger partial charge in [0.2, 0.25) is 5.91 Å². The molecule has 2 N–H and O–H groups in total. The van der Waals surface area contributed by atoms with Gasteiger partial charge in [-0.25, -0.2) is 5.10 Å². The van der Waals surface area contributed by atoms with E-state index in [0.717, 1.165) is 47.6 Å². The zero-order chi connectivity index (χ0) is 28.9. The lowest BCUT2D eigenvalue weighted by Gasteiger charge is -2.31. The van der Waals surface area contributed by atoms with Crippen LogP contribution in [-0.4, -0.2) is 39.6 Å². The fraction of sp³-hybridized carbons (Fsp3) is 0.333. The summed E-state index contributed by atoms with van der Waals surface area (Å²) in [6, 6.07) is 18.3. The summed E-state index contributed by atoms with van der Waals surface area (Å²) in [4.78, 5) is 15.5. The topological polar surface area (TPSA) is 86.8 Å². The first-order chi connectivity index (χ1) is 19.0. The molecule has 4 rings (SSSR count). The van der Waals surface area contributed by atoms with Crippen molar-refractivity contribution in [2.24, 2.45) is 11.8 Å². The molecule has 1 amide bonds. The van der Waals surface area contributed by atoms with Gasteiger partial charge in [0.25, 0.3) is 0 Å². The first-order valence-corrected chi connectivity index (χ1v) is 13.2. The fourth-order valence-corrected chi connectivity index (χ4v) is 4.64. The molecular weight excluding hydrogens is 517 g/mol. The number of nitrogens with one attached hydrogen (secondary N) is 2. The highest BCUT2D eigenvalue weighted by molar-refractivity contribution is 5.97. The van der Waals surface area contributed by atoms with E-state index in [9.17, 15) is 18.0 Å². The van der Waals surface area contributed by atoms with E-state index >= 15 is 0 Å². The summed E-state index contributed by atoms with van der Waals surface area (Å²) in [6.07, 6.45) is -4.49. The summed E-state index contributed by atoms with van der Waals surface area (Å²) >= 11 is 0. The van der Waals surface area contributed by atoms with E-state index in [0.29, 0.717) is 28.9 Å². The fourth-order valence-electron chi connectivity index (χ4n) is 4.64. The lowest BCUT2D eigenvalue weighted by atomic mass is 9.97. The Bertz CT molecular complexity index is 1410. The monoisotopic (exact) mass is 550 g/mol. The Hall–Kier alpha value is -4.21.